The second kappa shape index (κ2) is 2.83. The molecule has 58 valence electrons. The Bertz CT molecular complexity index is 356. The number of nitrogens with two attached hydrogens (primary N) is 1. The summed E-state index contributed by atoms with van der Waals surface area (Å²) in [6, 6.07) is 3.57. The first-order valence-corrected chi connectivity index (χ1v) is 2.80. The Balaban J connectivity index is 0.000000605. The molecule has 0 amide bonds. The Labute approximate surface area is 73.0 Å². The Hall–Kier alpha value is -1.17. The van der Waals surface area contributed by atoms with Gasteiger partial charge in [-0.15, -0.1) is 27.2 Å². The van der Waals surface area contributed by atoms with Crippen molar-refractivity contribution in [2.75, 3.05) is 5.73 Å². The number of nitrogens with zero attached hydrogens (tertiary/aromatic N) is 4. The molecule has 11 heavy (non-hydrogen) atoms. The van der Waals surface area contributed by atoms with Crippen molar-refractivity contribution < 1.29 is 0 Å². The monoisotopic (exact) mass is 215 g/mol. The van der Waals surface area contributed by atoms with Crippen LogP contribution in [0.4, 0.5) is 5.95 Å². The number of fused-ring (bicyclic) bond motifs is 1. The third-order valence-electron chi connectivity index (χ3n) is 1.20. The summed E-state index contributed by atoms with van der Waals surface area (Å²) in [5.74, 6) is 0.315. The van der Waals surface area contributed by atoms with E-state index in [2.05, 4.69) is 15.3 Å². The molecule has 0 fully saturated rings. The minimum absolute atomic E-state index is 0. The van der Waals surface area contributed by atoms with E-state index in [1.807, 2.05) is 0 Å². The van der Waals surface area contributed by atoms with Crippen molar-refractivity contribution in [3.63, 3.8) is 0 Å². The van der Waals surface area contributed by atoms with Crippen molar-refractivity contribution in [3.8, 4) is 0 Å². The van der Waals surface area contributed by atoms with Crippen LogP contribution in [-0.2, 0) is 0 Å². The molecule has 0 radical (unpaired) electrons. The zero-order valence-corrected chi connectivity index (χ0v) is 7.22. The Kier molecular flexibility index (Phi) is 2.04. The van der Waals surface area contributed by atoms with Crippen molar-refractivity contribution in [1.82, 2.24) is 19.8 Å². The fourth-order valence-electron chi connectivity index (χ4n) is 0.761. The van der Waals surface area contributed by atoms with Gasteiger partial charge < -0.3 is 5.73 Å². The predicted molar refractivity (Wildman–Crippen MR) is 45.5 cm³/mol. The molecule has 2 aromatic heterocycles. The van der Waals surface area contributed by atoms with Gasteiger partial charge in [0.15, 0.2) is 5.65 Å². The van der Waals surface area contributed by atoms with E-state index in [9.17, 15) is 0 Å². The molecule has 2 heterocycles. The summed E-state index contributed by atoms with van der Waals surface area (Å²) in [6.07, 6.45) is 1.63. The molecule has 6 heteroatoms. The van der Waals surface area contributed by atoms with Gasteiger partial charge in [0.05, 0.1) is 0 Å². The highest BCUT2D eigenvalue weighted by molar-refractivity contribution is 8.93. The normalized spacial score (nSPS) is 9.45. The quantitative estimate of drug-likeness (QED) is 0.686. The predicted octanol–water partition coefficient (Wildman–Crippen LogP) is 0.284. The smallest absolute Gasteiger partial charge is 0.243 e. The van der Waals surface area contributed by atoms with Gasteiger partial charge in [-0.05, 0) is 12.1 Å². The molecule has 0 aliphatic carbocycles. The molecule has 5 nitrogen and oxygen atoms in total. The number of rotatable bonds is 0. The molecular weight excluding hydrogens is 210 g/mol. The van der Waals surface area contributed by atoms with E-state index in [0.29, 0.717) is 11.6 Å². The maximum absolute atomic E-state index is 5.40. The highest BCUT2D eigenvalue weighted by Gasteiger charge is 1.97. The van der Waals surface area contributed by atoms with Crippen LogP contribution in [0.15, 0.2) is 18.3 Å². The summed E-state index contributed by atoms with van der Waals surface area (Å²) in [4.78, 5) is 0. The summed E-state index contributed by atoms with van der Waals surface area (Å²) < 4.78 is 1.47. The second-order valence-electron chi connectivity index (χ2n) is 1.85. The first-order valence-electron chi connectivity index (χ1n) is 2.80. The van der Waals surface area contributed by atoms with Gasteiger partial charge >= 0.3 is 0 Å². The van der Waals surface area contributed by atoms with Gasteiger partial charge in [0.1, 0.15) is 0 Å². The maximum atomic E-state index is 5.40. The molecule has 0 aromatic carbocycles. The molecule has 0 spiro atoms. The van der Waals surface area contributed by atoms with E-state index in [1.165, 1.54) is 4.52 Å². The third kappa shape index (κ3) is 1.16. The van der Waals surface area contributed by atoms with E-state index in [-0.39, 0.29) is 17.0 Å². The summed E-state index contributed by atoms with van der Waals surface area (Å²) >= 11 is 0. The maximum Gasteiger partial charge on any atom is 0.243 e. The first kappa shape index (κ1) is 7.93. The minimum atomic E-state index is 0. The second-order valence-corrected chi connectivity index (χ2v) is 1.85. The molecule has 0 aliphatic heterocycles. The largest absolute Gasteiger partial charge is 0.366 e. The fraction of sp³-hybridized carbons (Fsp3) is 0. The van der Waals surface area contributed by atoms with Gasteiger partial charge in [-0.1, -0.05) is 0 Å². The number of nitrogen functional groups attached to an aromatic ring is 1. The summed E-state index contributed by atoms with van der Waals surface area (Å²) in [5, 5.41) is 11.3. The molecular formula is C5H6BrN5. The van der Waals surface area contributed by atoms with Crippen LogP contribution in [0.5, 0.6) is 0 Å². The Morgan fingerprint density at radius 1 is 1.36 bits per heavy atom. The van der Waals surface area contributed by atoms with E-state index in [4.69, 9.17) is 5.73 Å². The summed E-state index contributed by atoms with van der Waals surface area (Å²) in [7, 11) is 0. The van der Waals surface area contributed by atoms with E-state index < -0.39 is 0 Å². The molecule has 0 saturated heterocycles. The molecule has 2 aromatic rings. The Morgan fingerprint density at radius 2 is 2.18 bits per heavy atom. The average Bonchev–Trinajstić information content (AvgIpc) is 2.34. The number of anilines is 1. The average molecular weight is 216 g/mol. The topological polar surface area (TPSA) is 69.1 Å². The number of halogens is 1. The molecule has 0 atom stereocenters. The van der Waals surface area contributed by atoms with Crippen LogP contribution in [0.3, 0.4) is 0 Å². The van der Waals surface area contributed by atoms with Gasteiger partial charge in [-0.25, -0.2) is 0 Å². The Morgan fingerprint density at radius 3 is 2.91 bits per heavy atom. The molecule has 0 aliphatic rings. The van der Waals surface area contributed by atoms with Crippen molar-refractivity contribution in [2.24, 2.45) is 0 Å². The number of aromatic nitrogens is 4. The fourth-order valence-corrected chi connectivity index (χ4v) is 0.761. The van der Waals surface area contributed by atoms with E-state index in [0.717, 1.165) is 0 Å². The third-order valence-corrected chi connectivity index (χ3v) is 1.20. The lowest BCUT2D eigenvalue weighted by Crippen LogP contribution is -1.96. The van der Waals surface area contributed by atoms with Crippen LogP contribution >= 0.6 is 17.0 Å². The zero-order chi connectivity index (χ0) is 6.97. The van der Waals surface area contributed by atoms with Gasteiger partial charge in [-0.3, -0.25) is 0 Å². The standard InChI is InChI=1S/C5H5N5.BrH/c6-5-9-8-4-2-1-3-7-10(4)5;/h1-3H,(H2,6,9);1H. The molecule has 0 saturated carbocycles. The van der Waals surface area contributed by atoms with Crippen LogP contribution in [-0.4, -0.2) is 19.8 Å². The van der Waals surface area contributed by atoms with Gasteiger partial charge in [-0.2, -0.15) is 9.61 Å². The van der Waals surface area contributed by atoms with Crippen LogP contribution in [0, 0.1) is 0 Å². The summed E-state index contributed by atoms with van der Waals surface area (Å²) in [5.41, 5.74) is 6.07. The lowest BCUT2D eigenvalue weighted by molar-refractivity contribution is 0.940. The molecule has 0 unspecified atom stereocenters. The zero-order valence-electron chi connectivity index (χ0n) is 5.51. The first-order chi connectivity index (χ1) is 4.88. The SMILES string of the molecule is Br.Nc1nnc2cccnn12. The highest BCUT2D eigenvalue weighted by atomic mass is 79.9. The van der Waals surface area contributed by atoms with Crippen molar-refractivity contribution in [2.45, 2.75) is 0 Å². The van der Waals surface area contributed by atoms with Crippen LogP contribution in [0.2, 0.25) is 0 Å². The highest BCUT2D eigenvalue weighted by Crippen LogP contribution is 1.98. The van der Waals surface area contributed by atoms with Crippen LogP contribution in [0.25, 0.3) is 5.65 Å². The van der Waals surface area contributed by atoms with Gasteiger partial charge in [0.25, 0.3) is 0 Å². The molecule has 2 N–H and O–H groups in total. The lowest BCUT2D eigenvalue weighted by atomic mass is 10.6. The van der Waals surface area contributed by atoms with Crippen LogP contribution < -0.4 is 5.73 Å². The van der Waals surface area contributed by atoms with Crippen LogP contribution in [0.1, 0.15) is 0 Å². The number of hydrogen-bond acceptors (Lipinski definition) is 4. The lowest BCUT2D eigenvalue weighted by Gasteiger charge is -1.87. The summed E-state index contributed by atoms with van der Waals surface area (Å²) in [6.45, 7) is 0. The van der Waals surface area contributed by atoms with Crippen molar-refractivity contribution in [3.05, 3.63) is 18.3 Å². The van der Waals surface area contributed by atoms with Crippen molar-refractivity contribution >= 4 is 28.6 Å². The molecule has 2 rings (SSSR count). The van der Waals surface area contributed by atoms with Gasteiger partial charge in [0, 0.05) is 6.20 Å². The molecule has 0 bridgehead atoms. The van der Waals surface area contributed by atoms with Gasteiger partial charge in [0.2, 0.25) is 5.95 Å². The minimum Gasteiger partial charge on any atom is -0.366 e. The number of hydrogen-bond donors (Lipinski definition) is 1. The van der Waals surface area contributed by atoms with E-state index in [1.54, 1.807) is 18.3 Å². The van der Waals surface area contributed by atoms with Crippen molar-refractivity contribution in [1.29, 1.82) is 0 Å². The van der Waals surface area contributed by atoms with E-state index >= 15 is 0 Å².